The Bertz CT molecular complexity index is 720. The summed E-state index contributed by atoms with van der Waals surface area (Å²) in [7, 11) is 0. The summed E-state index contributed by atoms with van der Waals surface area (Å²) in [5, 5.41) is 2.90. The minimum Gasteiger partial charge on any atom is -0.326 e. The number of aryl methyl sites for hydroxylation is 1. The Kier molecular flexibility index (Phi) is 7.34. The van der Waals surface area contributed by atoms with E-state index < -0.39 is 0 Å². The Morgan fingerprint density at radius 2 is 1.84 bits per heavy atom. The number of ketones is 1. The molecule has 4 nitrogen and oxygen atoms in total. The normalized spacial score (nSPS) is 10.9. The predicted octanol–water partition coefficient (Wildman–Crippen LogP) is 4.50. The summed E-state index contributed by atoms with van der Waals surface area (Å²) in [6.07, 6.45) is 0.445. The van der Waals surface area contributed by atoms with Gasteiger partial charge in [-0.2, -0.15) is 0 Å². The molecule has 0 saturated heterocycles. The number of anilines is 1. The predicted molar refractivity (Wildman–Crippen MR) is 104 cm³/mol. The fraction of sp³-hybridized carbons (Fsp3) is 0.400. The molecule has 0 unspecified atom stereocenters. The standard InChI is InChI=1S/C20H26N2O2S/c1-4-22(5-2)14-16-7-6-8-17(13-16)21-20(24)12-10-18(23)19-11-9-15(3)25-19/h6-9,11,13H,4-5,10,12,14H2,1-3H3,(H,21,24). The molecule has 2 aromatic rings. The van der Waals surface area contributed by atoms with E-state index in [2.05, 4.69) is 30.1 Å². The van der Waals surface area contributed by atoms with Gasteiger partial charge in [0.1, 0.15) is 0 Å². The van der Waals surface area contributed by atoms with Crippen molar-refractivity contribution < 1.29 is 9.59 Å². The topological polar surface area (TPSA) is 49.4 Å². The summed E-state index contributed by atoms with van der Waals surface area (Å²) in [4.78, 5) is 28.4. The van der Waals surface area contributed by atoms with Crippen molar-refractivity contribution in [2.24, 2.45) is 0 Å². The molecule has 1 aromatic heterocycles. The number of nitrogens with one attached hydrogen (secondary N) is 1. The zero-order valence-corrected chi connectivity index (χ0v) is 16.0. The third-order valence-electron chi connectivity index (χ3n) is 4.11. The van der Waals surface area contributed by atoms with Crippen LogP contribution in [0.1, 0.15) is 46.8 Å². The highest BCUT2D eigenvalue weighted by Gasteiger charge is 2.11. The van der Waals surface area contributed by atoms with E-state index in [4.69, 9.17) is 0 Å². The van der Waals surface area contributed by atoms with Gasteiger partial charge in [-0.05, 0) is 49.8 Å². The van der Waals surface area contributed by atoms with Crippen molar-refractivity contribution in [2.45, 2.75) is 40.2 Å². The van der Waals surface area contributed by atoms with E-state index in [9.17, 15) is 9.59 Å². The molecule has 0 fully saturated rings. The summed E-state index contributed by atoms with van der Waals surface area (Å²) in [5.74, 6) is -0.0925. The first-order valence-electron chi connectivity index (χ1n) is 8.72. The van der Waals surface area contributed by atoms with Crippen molar-refractivity contribution in [1.29, 1.82) is 0 Å². The lowest BCUT2D eigenvalue weighted by Gasteiger charge is -2.18. The molecule has 0 atom stereocenters. The smallest absolute Gasteiger partial charge is 0.224 e. The molecule has 5 heteroatoms. The number of hydrogen-bond acceptors (Lipinski definition) is 4. The van der Waals surface area contributed by atoms with Crippen LogP contribution in [0.5, 0.6) is 0 Å². The Morgan fingerprint density at radius 3 is 2.48 bits per heavy atom. The van der Waals surface area contributed by atoms with Crippen LogP contribution in [0.4, 0.5) is 5.69 Å². The van der Waals surface area contributed by atoms with Crippen molar-refractivity contribution in [2.75, 3.05) is 18.4 Å². The summed E-state index contributed by atoms with van der Waals surface area (Å²) >= 11 is 1.48. The summed E-state index contributed by atoms with van der Waals surface area (Å²) in [5.41, 5.74) is 1.96. The number of carbonyl (C=O) groups excluding carboxylic acids is 2. The second kappa shape index (κ2) is 9.49. The molecule has 0 spiro atoms. The molecule has 1 amide bonds. The highest BCUT2D eigenvalue weighted by Crippen LogP contribution is 2.18. The highest BCUT2D eigenvalue weighted by molar-refractivity contribution is 7.14. The van der Waals surface area contributed by atoms with Crippen LogP contribution in [0, 0.1) is 6.92 Å². The van der Waals surface area contributed by atoms with Crippen molar-refractivity contribution in [3.05, 3.63) is 51.7 Å². The third-order valence-corrected chi connectivity index (χ3v) is 5.15. The maximum absolute atomic E-state index is 12.1. The van der Waals surface area contributed by atoms with Crippen LogP contribution in [0.3, 0.4) is 0 Å². The molecule has 0 aliphatic heterocycles. The van der Waals surface area contributed by atoms with Gasteiger partial charge >= 0.3 is 0 Å². The number of hydrogen-bond donors (Lipinski definition) is 1. The van der Waals surface area contributed by atoms with Crippen LogP contribution >= 0.6 is 11.3 Å². The number of nitrogens with zero attached hydrogens (tertiary/aromatic N) is 1. The van der Waals surface area contributed by atoms with Gasteiger partial charge in [0, 0.05) is 30.0 Å². The van der Waals surface area contributed by atoms with Crippen molar-refractivity contribution in [3.63, 3.8) is 0 Å². The van der Waals surface area contributed by atoms with Crippen LogP contribution in [-0.2, 0) is 11.3 Å². The molecule has 1 heterocycles. The lowest BCUT2D eigenvalue weighted by molar-refractivity contribution is -0.116. The average molecular weight is 359 g/mol. The summed E-state index contributed by atoms with van der Waals surface area (Å²) in [6, 6.07) is 11.7. The van der Waals surface area contributed by atoms with Crippen LogP contribution in [0.25, 0.3) is 0 Å². The summed E-state index contributed by atoms with van der Waals surface area (Å²) < 4.78 is 0. The lowest BCUT2D eigenvalue weighted by Crippen LogP contribution is -2.22. The van der Waals surface area contributed by atoms with E-state index in [1.165, 1.54) is 16.9 Å². The molecule has 25 heavy (non-hydrogen) atoms. The first-order chi connectivity index (χ1) is 12.0. The van der Waals surface area contributed by atoms with Gasteiger partial charge in [0.25, 0.3) is 0 Å². The van der Waals surface area contributed by atoms with E-state index in [1.54, 1.807) is 0 Å². The maximum atomic E-state index is 12.1. The van der Waals surface area contributed by atoms with Gasteiger partial charge in [-0.1, -0.05) is 26.0 Å². The monoisotopic (exact) mass is 358 g/mol. The van der Waals surface area contributed by atoms with Gasteiger partial charge in [0.05, 0.1) is 4.88 Å². The number of rotatable bonds is 9. The van der Waals surface area contributed by atoms with E-state index in [0.717, 1.165) is 35.1 Å². The fourth-order valence-corrected chi connectivity index (χ4v) is 3.45. The van der Waals surface area contributed by atoms with Crippen LogP contribution in [-0.4, -0.2) is 29.7 Å². The molecule has 1 N–H and O–H groups in total. The van der Waals surface area contributed by atoms with E-state index in [-0.39, 0.29) is 24.5 Å². The molecule has 1 aromatic carbocycles. The Morgan fingerprint density at radius 1 is 1.08 bits per heavy atom. The van der Waals surface area contributed by atoms with Crippen LogP contribution < -0.4 is 5.32 Å². The zero-order chi connectivity index (χ0) is 18.2. The Hall–Kier alpha value is -1.98. The lowest BCUT2D eigenvalue weighted by atomic mass is 10.1. The van der Waals surface area contributed by atoms with Gasteiger partial charge in [-0.15, -0.1) is 11.3 Å². The van der Waals surface area contributed by atoms with Crippen LogP contribution in [0.15, 0.2) is 36.4 Å². The molecule has 0 saturated carbocycles. The molecule has 0 bridgehead atoms. The van der Waals surface area contributed by atoms with Gasteiger partial charge < -0.3 is 5.32 Å². The molecule has 0 aliphatic rings. The van der Waals surface area contributed by atoms with Crippen molar-refractivity contribution in [3.8, 4) is 0 Å². The quantitative estimate of drug-likeness (QED) is 0.672. The third kappa shape index (κ3) is 6.11. The Labute approximate surface area is 153 Å². The second-order valence-corrected chi connectivity index (χ2v) is 7.33. The number of benzene rings is 1. The molecular weight excluding hydrogens is 332 g/mol. The van der Waals surface area contributed by atoms with Gasteiger partial charge in [0.2, 0.25) is 5.91 Å². The minimum atomic E-state index is -0.124. The first-order valence-corrected chi connectivity index (χ1v) is 9.54. The number of Topliss-reactive ketones (excluding diaryl/α,β-unsaturated/α-hetero) is 1. The average Bonchev–Trinajstić information content (AvgIpc) is 3.04. The number of carbonyl (C=O) groups is 2. The Balaban J connectivity index is 1.86. The molecule has 134 valence electrons. The van der Waals surface area contributed by atoms with Crippen LogP contribution in [0.2, 0.25) is 0 Å². The fourth-order valence-electron chi connectivity index (χ4n) is 2.61. The van der Waals surface area contributed by atoms with Crippen molar-refractivity contribution >= 4 is 28.7 Å². The number of thiophene rings is 1. The maximum Gasteiger partial charge on any atom is 0.224 e. The number of amides is 1. The van der Waals surface area contributed by atoms with E-state index in [1.807, 2.05) is 37.3 Å². The van der Waals surface area contributed by atoms with Crippen molar-refractivity contribution in [1.82, 2.24) is 4.90 Å². The largest absolute Gasteiger partial charge is 0.326 e. The SMILES string of the molecule is CCN(CC)Cc1cccc(NC(=O)CCC(=O)c2ccc(C)s2)c1. The first kappa shape index (κ1) is 19.3. The van der Waals surface area contributed by atoms with E-state index in [0.29, 0.717) is 0 Å². The molecule has 0 radical (unpaired) electrons. The molecule has 2 rings (SSSR count). The summed E-state index contributed by atoms with van der Waals surface area (Å²) in [6.45, 7) is 9.11. The second-order valence-electron chi connectivity index (χ2n) is 6.04. The van der Waals surface area contributed by atoms with E-state index >= 15 is 0 Å². The van der Waals surface area contributed by atoms with Gasteiger partial charge in [-0.25, -0.2) is 0 Å². The van der Waals surface area contributed by atoms with Gasteiger partial charge in [-0.3, -0.25) is 14.5 Å². The molecule has 0 aliphatic carbocycles. The van der Waals surface area contributed by atoms with Gasteiger partial charge in [0.15, 0.2) is 5.78 Å². The zero-order valence-electron chi connectivity index (χ0n) is 15.2. The minimum absolute atomic E-state index is 0.0311. The molecular formula is C20H26N2O2S. The highest BCUT2D eigenvalue weighted by atomic mass is 32.1.